The average molecular weight is 563 g/mol. The minimum absolute atomic E-state index is 0.133. The first-order valence-electron chi connectivity index (χ1n) is 12.4. The van der Waals surface area contributed by atoms with Crippen molar-refractivity contribution in [1.82, 2.24) is 0 Å². The summed E-state index contributed by atoms with van der Waals surface area (Å²) < 4.78 is 30.4. The number of aryl methyl sites for hydroxylation is 1. The van der Waals surface area contributed by atoms with E-state index in [4.69, 9.17) is 4.42 Å². The molecular weight excluding hydrogens is 534 g/mol. The third-order valence-electron chi connectivity index (χ3n) is 6.37. The van der Waals surface area contributed by atoms with E-state index in [1.54, 1.807) is 87.5 Å². The molecule has 0 aliphatic heterocycles. The van der Waals surface area contributed by atoms with E-state index in [0.717, 1.165) is 15.4 Å². The molecule has 0 saturated carbocycles. The van der Waals surface area contributed by atoms with Crippen LogP contribution in [0.5, 0.6) is 0 Å². The second-order valence-electron chi connectivity index (χ2n) is 9.56. The lowest BCUT2D eigenvalue weighted by Gasteiger charge is -2.34. The van der Waals surface area contributed by atoms with Gasteiger partial charge in [0.15, 0.2) is 5.76 Å². The number of nitrogens with zero attached hydrogens (tertiary/aromatic N) is 1. The van der Waals surface area contributed by atoms with Gasteiger partial charge in [-0.3, -0.25) is 18.1 Å². The number of anilines is 3. The number of benzene rings is 3. The van der Waals surface area contributed by atoms with Gasteiger partial charge in [0.2, 0.25) is 5.91 Å². The first-order valence-corrected chi connectivity index (χ1v) is 13.4. The maximum Gasteiger partial charge on any atom is 0.327 e. The van der Waals surface area contributed by atoms with Crippen molar-refractivity contribution in [2.75, 3.05) is 14.9 Å². The minimum Gasteiger partial charge on any atom is -0.755 e. The molecule has 2 amide bonds. The Balaban J connectivity index is 1.52. The van der Waals surface area contributed by atoms with Crippen molar-refractivity contribution in [2.24, 2.45) is 5.92 Å². The average Bonchev–Trinajstić information content (AvgIpc) is 3.24. The zero-order valence-electron chi connectivity index (χ0n) is 22.3. The van der Waals surface area contributed by atoms with Gasteiger partial charge in [-0.2, -0.15) is 0 Å². The topological polar surface area (TPSA) is 152 Å². The van der Waals surface area contributed by atoms with E-state index in [1.165, 1.54) is 6.92 Å². The summed E-state index contributed by atoms with van der Waals surface area (Å²) in [6.07, 6.45) is 0. The molecule has 3 aromatic carbocycles. The van der Waals surface area contributed by atoms with E-state index in [9.17, 15) is 28.3 Å². The number of nitrogens with one attached hydrogen (secondary N) is 2. The van der Waals surface area contributed by atoms with Crippen molar-refractivity contribution in [3.05, 3.63) is 78.1 Å². The van der Waals surface area contributed by atoms with E-state index >= 15 is 0 Å². The molecule has 1 aromatic heterocycles. The summed E-state index contributed by atoms with van der Waals surface area (Å²) in [6, 6.07) is 17.5. The Bertz CT molecular complexity index is 1590. The Morgan fingerprint density at radius 3 is 2.08 bits per heavy atom. The van der Waals surface area contributed by atoms with E-state index < -0.39 is 35.1 Å². The van der Waals surface area contributed by atoms with Crippen molar-refractivity contribution in [2.45, 2.75) is 33.7 Å². The van der Waals surface area contributed by atoms with Gasteiger partial charge in [0, 0.05) is 40.5 Å². The highest BCUT2D eigenvalue weighted by molar-refractivity contribution is 7.80. The maximum atomic E-state index is 13.0. The fourth-order valence-corrected chi connectivity index (χ4v) is 5.36. The van der Waals surface area contributed by atoms with Gasteiger partial charge >= 0.3 is 5.97 Å². The molecule has 0 radical (unpaired) electrons. The Morgan fingerprint density at radius 1 is 0.950 bits per heavy atom. The molecule has 1 heterocycles. The Labute approximate surface area is 233 Å². The lowest BCUT2D eigenvalue weighted by molar-refractivity contribution is -0.139. The van der Waals surface area contributed by atoms with Gasteiger partial charge in [0.1, 0.15) is 11.6 Å². The number of carboxylic acids is 1. The van der Waals surface area contributed by atoms with Crippen molar-refractivity contribution in [3.63, 3.8) is 0 Å². The van der Waals surface area contributed by atoms with Crippen LogP contribution in [0.3, 0.4) is 0 Å². The summed E-state index contributed by atoms with van der Waals surface area (Å²) in [6.45, 7) is 6.45. The summed E-state index contributed by atoms with van der Waals surface area (Å²) in [5.41, 5.74) is 3.99. The Morgan fingerprint density at radius 2 is 1.55 bits per heavy atom. The standard InChI is InChI=1S/C29H29N3O7S/c1-16(2)26(29(35)36)32(40(37)38)22-14-10-20(11-15-22)19-8-12-21(13-9-19)31-28(34)27-17(3)25-23(30-18(4)33)6-5-7-24(25)39-27/h5-16,26H,1-4H3,(H,30,33)(H,31,34)(H,35,36)(H,37,38)/p-1. The van der Waals surface area contributed by atoms with Crippen molar-refractivity contribution < 1.29 is 32.7 Å². The molecule has 0 saturated heterocycles. The number of carbonyl (C=O) groups excluding carboxylic acids is 2. The number of furan rings is 1. The van der Waals surface area contributed by atoms with Gasteiger partial charge in [-0.25, -0.2) is 4.79 Å². The Kier molecular flexibility index (Phi) is 8.36. The zero-order chi connectivity index (χ0) is 29.1. The van der Waals surface area contributed by atoms with Crippen LogP contribution in [-0.4, -0.2) is 37.7 Å². The second-order valence-corrected chi connectivity index (χ2v) is 10.4. The van der Waals surface area contributed by atoms with Crippen LogP contribution in [-0.2, 0) is 20.9 Å². The van der Waals surface area contributed by atoms with Gasteiger partial charge in [0.05, 0.1) is 5.69 Å². The number of aliphatic carboxylic acids is 1. The lowest BCUT2D eigenvalue weighted by Crippen LogP contribution is -2.45. The maximum absolute atomic E-state index is 13.0. The molecule has 2 unspecified atom stereocenters. The van der Waals surface area contributed by atoms with Crippen molar-refractivity contribution in [1.29, 1.82) is 0 Å². The first-order chi connectivity index (χ1) is 19.0. The summed E-state index contributed by atoms with van der Waals surface area (Å²) in [4.78, 5) is 36.3. The first kappa shape index (κ1) is 28.5. The zero-order valence-corrected chi connectivity index (χ0v) is 23.1. The Hall–Kier alpha value is -4.48. The minimum atomic E-state index is -2.78. The molecule has 4 aromatic rings. The highest BCUT2D eigenvalue weighted by Gasteiger charge is 2.30. The van der Waals surface area contributed by atoms with Crippen LogP contribution in [0.4, 0.5) is 17.1 Å². The van der Waals surface area contributed by atoms with Crippen LogP contribution in [0.2, 0.25) is 0 Å². The van der Waals surface area contributed by atoms with E-state index in [1.807, 2.05) is 0 Å². The number of amides is 2. The van der Waals surface area contributed by atoms with Gasteiger partial charge in [-0.1, -0.05) is 44.2 Å². The second kappa shape index (κ2) is 11.7. The van der Waals surface area contributed by atoms with Gasteiger partial charge in [-0.15, -0.1) is 0 Å². The van der Waals surface area contributed by atoms with E-state index in [0.29, 0.717) is 27.9 Å². The van der Waals surface area contributed by atoms with Crippen molar-refractivity contribution >= 4 is 57.1 Å². The van der Waals surface area contributed by atoms with Crippen LogP contribution < -0.4 is 14.9 Å². The van der Waals surface area contributed by atoms with Crippen molar-refractivity contribution in [3.8, 4) is 11.1 Å². The van der Waals surface area contributed by atoms with Gasteiger partial charge in [0.25, 0.3) is 5.91 Å². The summed E-state index contributed by atoms with van der Waals surface area (Å²) >= 11 is -2.78. The fourth-order valence-electron chi connectivity index (χ4n) is 4.54. The number of carboxylic acid groups (broad SMARTS) is 1. The molecule has 0 aliphatic carbocycles. The largest absolute Gasteiger partial charge is 0.755 e. The van der Waals surface area contributed by atoms with Crippen LogP contribution >= 0.6 is 0 Å². The number of carbonyl (C=O) groups is 3. The third kappa shape index (κ3) is 5.90. The highest BCUT2D eigenvalue weighted by Crippen LogP contribution is 2.32. The molecule has 208 valence electrons. The molecule has 0 fully saturated rings. The molecule has 0 aliphatic rings. The predicted octanol–water partition coefficient (Wildman–Crippen LogP) is 5.33. The molecule has 0 spiro atoms. The molecule has 10 nitrogen and oxygen atoms in total. The van der Waals surface area contributed by atoms with Crippen LogP contribution in [0.15, 0.2) is 71.1 Å². The molecule has 11 heteroatoms. The normalized spacial score (nSPS) is 12.7. The quantitative estimate of drug-likeness (QED) is 0.233. The van der Waals surface area contributed by atoms with Crippen LogP contribution in [0.25, 0.3) is 22.1 Å². The molecule has 2 atom stereocenters. The highest BCUT2D eigenvalue weighted by atomic mass is 32.2. The third-order valence-corrected chi connectivity index (χ3v) is 7.13. The molecule has 3 N–H and O–H groups in total. The summed E-state index contributed by atoms with van der Waals surface area (Å²) in [7, 11) is 0. The van der Waals surface area contributed by atoms with Crippen LogP contribution in [0.1, 0.15) is 36.9 Å². The lowest BCUT2D eigenvalue weighted by atomic mass is 10.0. The SMILES string of the molecule is CC(=O)Nc1cccc2oc(C(=O)Nc3ccc(-c4ccc(N(C(C(=O)O)C(C)C)S(=O)[O-])cc4)cc3)c(C)c12. The monoisotopic (exact) mass is 562 g/mol. The van der Waals surface area contributed by atoms with Gasteiger partial charge in [-0.05, 0) is 60.4 Å². The van der Waals surface area contributed by atoms with E-state index in [-0.39, 0.29) is 17.4 Å². The number of fused-ring (bicyclic) bond motifs is 1. The molecular formula is C29H28N3O7S-. The predicted molar refractivity (Wildman–Crippen MR) is 153 cm³/mol. The smallest absolute Gasteiger partial charge is 0.327 e. The van der Waals surface area contributed by atoms with E-state index in [2.05, 4.69) is 10.6 Å². The summed E-state index contributed by atoms with van der Waals surface area (Å²) in [5.74, 6) is -2.21. The molecule has 4 rings (SSSR count). The fraction of sp³-hybridized carbons (Fsp3) is 0.207. The summed E-state index contributed by atoms with van der Waals surface area (Å²) in [5, 5.41) is 15.8. The van der Waals surface area contributed by atoms with Crippen LogP contribution in [0, 0.1) is 12.8 Å². The van der Waals surface area contributed by atoms with Gasteiger partial charge < -0.3 is 24.7 Å². The molecule has 0 bridgehead atoms. The number of hydrogen-bond acceptors (Lipinski definition) is 6. The molecule has 40 heavy (non-hydrogen) atoms. The number of rotatable bonds is 9. The number of hydrogen-bond donors (Lipinski definition) is 3.